The minimum atomic E-state index is 1.08. The molecular formula is C19H26N2. The van der Waals surface area contributed by atoms with Gasteiger partial charge in [0.2, 0.25) is 0 Å². The highest BCUT2D eigenvalue weighted by molar-refractivity contribution is 5.62. The molecule has 0 spiro atoms. The van der Waals surface area contributed by atoms with E-state index >= 15 is 0 Å². The third-order valence-corrected chi connectivity index (χ3v) is 4.65. The summed E-state index contributed by atoms with van der Waals surface area (Å²) in [6, 6.07) is 6.89. The van der Waals surface area contributed by atoms with Crippen LogP contribution in [0.5, 0.6) is 0 Å². The highest BCUT2D eigenvalue weighted by Gasteiger charge is 2.12. The summed E-state index contributed by atoms with van der Waals surface area (Å²) in [5, 5.41) is 0. The van der Waals surface area contributed by atoms with Crippen LogP contribution in [0, 0.1) is 6.92 Å². The Morgan fingerprint density at radius 3 is 2.52 bits per heavy atom. The fraction of sp³-hybridized carbons (Fsp3) is 0.474. The molecule has 1 saturated heterocycles. The van der Waals surface area contributed by atoms with Crippen molar-refractivity contribution in [3.63, 3.8) is 0 Å². The van der Waals surface area contributed by atoms with Crippen LogP contribution < -0.4 is 4.90 Å². The van der Waals surface area contributed by atoms with Crippen LogP contribution in [-0.2, 0) is 0 Å². The molecule has 0 radical (unpaired) electrons. The monoisotopic (exact) mass is 282 g/mol. The van der Waals surface area contributed by atoms with Crippen molar-refractivity contribution in [1.29, 1.82) is 0 Å². The van der Waals surface area contributed by atoms with Crippen molar-refractivity contribution in [2.45, 2.75) is 26.2 Å². The van der Waals surface area contributed by atoms with Crippen molar-refractivity contribution < 1.29 is 0 Å². The summed E-state index contributed by atoms with van der Waals surface area (Å²) in [5.74, 6) is 0. The Hall–Kier alpha value is -1.54. The Labute approximate surface area is 128 Å². The van der Waals surface area contributed by atoms with Gasteiger partial charge in [-0.25, -0.2) is 0 Å². The van der Waals surface area contributed by atoms with Crippen molar-refractivity contribution in [1.82, 2.24) is 4.90 Å². The van der Waals surface area contributed by atoms with Gasteiger partial charge in [0.15, 0.2) is 0 Å². The molecule has 0 unspecified atom stereocenters. The molecular weight excluding hydrogens is 256 g/mol. The van der Waals surface area contributed by atoms with Crippen LogP contribution in [0.15, 0.2) is 35.9 Å². The molecule has 0 bridgehead atoms. The highest BCUT2D eigenvalue weighted by atomic mass is 15.1. The molecule has 1 fully saturated rings. The van der Waals surface area contributed by atoms with Gasteiger partial charge in [0.05, 0.1) is 0 Å². The van der Waals surface area contributed by atoms with Gasteiger partial charge < -0.3 is 9.80 Å². The van der Waals surface area contributed by atoms with Gasteiger partial charge in [-0.15, -0.1) is 0 Å². The molecule has 3 rings (SSSR count). The molecule has 2 aliphatic rings. The molecule has 0 amide bonds. The number of benzene rings is 1. The summed E-state index contributed by atoms with van der Waals surface area (Å²) in [6.07, 6.45) is 10.8. The van der Waals surface area contributed by atoms with Crippen molar-refractivity contribution in [2.75, 3.05) is 38.1 Å². The Kier molecular flexibility index (Phi) is 4.45. The zero-order valence-electron chi connectivity index (χ0n) is 13.3. The molecule has 0 N–H and O–H groups in total. The Balaban J connectivity index is 1.71. The second kappa shape index (κ2) is 6.48. The van der Waals surface area contributed by atoms with Crippen molar-refractivity contribution in [3.8, 4) is 0 Å². The molecule has 112 valence electrons. The van der Waals surface area contributed by atoms with E-state index in [0.717, 1.165) is 13.0 Å². The smallest absolute Gasteiger partial charge is 0.0369 e. The van der Waals surface area contributed by atoms with Crippen molar-refractivity contribution >= 4 is 11.8 Å². The third-order valence-electron chi connectivity index (χ3n) is 4.65. The van der Waals surface area contributed by atoms with Crippen LogP contribution in [0.3, 0.4) is 0 Å². The molecule has 2 heteroatoms. The Morgan fingerprint density at radius 2 is 1.86 bits per heavy atom. The zero-order valence-corrected chi connectivity index (χ0v) is 13.3. The molecule has 2 aliphatic heterocycles. The van der Waals surface area contributed by atoms with E-state index in [9.17, 15) is 0 Å². The number of nitrogens with zero attached hydrogens (tertiary/aromatic N) is 2. The minimum absolute atomic E-state index is 1.08. The molecule has 2 heterocycles. The number of hydrogen-bond acceptors (Lipinski definition) is 2. The maximum Gasteiger partial charge on any atom is 0.0369 e. The normalized spacial score (nSPS) is 20.3. The SMILES string of the molecule is Cc1cc(N2CCCC2)ccc1/C=C/C1=CCN(C)CC1. The van der Waals surface area contributed by atoms with Crippen LogP contribution in [0.2, 0.25) is 0 Å². The summed E-state index contributed by atoms with van der Waals surface area (Å²) >= 11 is 0. The predicted octanol–water partition coefficient (Wildman–Crippen LogP) is 3.87. The minimum Gasteiger partial charge on any atom is -0.372 e. The molecule has 0 aliphatic carbocycles. The van der Waals surface area contributed by atoms with Crippen molar-refractivity contribution in [3.05, 3.63) is 47.1 Å². The van der Waals surface area contributed by atoms with Gasteiger partial charge in [-0.05, 0) is 62.1 Å². The number of allylic oxidation sites excluding steroid dienone is 1. The van der Waals surface area contributed by atoms with E-state index in [-0.39, 0.29) is 0 Å². The lowest BCUT2D eigenvalue weighted by atomic mass is 10.0. The predicted molar refractivity (Wildman–Crippen MR) is 91.9 cm³/mol. The average molecular weight is 282 g/mol. The first kappa shape index (κ1) is 14.4. The second-order valence-corrected chi connectivity index (χ2v) is 6.36. The lowest BCUT2D eigenvalue weighted by molar-refractivity contribution is 0.361. The quantitative estimate of drug-likeness (QED) is 0.830. The maximum atomic E-state index is 2.50. The van der Waals surface area contributed by atoms with E-state index in [1.54, 1.807) is 0 Å². The Bertz CT molecular complexity index is 551. The maximum absolute atomic E-state index is 2.50. The van der Waals surface area contributed by atoms with E-state index in [2.05, 4.69) is 60.2 Å². The van der Waals surface area contributed by atoms with Crippen molar-refractivity contribution in [2.24, 2.45) is 0 Å². The van der Waals surface area contributed by atoms with Crippen LogP contribution in [0.1, 0.15) is 30.4 Å². The van der Waals surface area contributed by atoms with Gasteiger partial charge in [-0.2, -0.15) is 0 Å². The first-order valence-electron chi connectivity index (χ1n) is 8.13. The topological polar surface area (TPSA) is 6.48 Å². The highest BCUT2D eigenvalue weighted by Crippen LogP contribution is 2.24. The van der Waals surface area contributed by atoms with Gasteiger partial charge in [-0.1, -0.05) is 24.3 Å². The van der Waals surface area contributed by atoms with E-state index in [1.165, 1.54) is 54.9 Å². The van der Waals surface area contributed by atoms with E-state index < -0.39 is 0 Å². The summed E-state index contributed by atoms with van der Waals surface area (Å²) in [6.45, 7) is 6.90. The van der Waals surface area contributed by atoms with Crippen LogP contribution in [-0.4, -0.2) is 38.1 Å². The van der Waals surface area contributed by atoms with Gasteiger partial charge in [0, 0.05) is 31.9 Å². The standard InChI is InChI=1S/C19H26N2/c1-16-15-19(21-11-3-4-12-21)8-7-18(16)6-5-17-9-13-20(2)14-10-17/h5-9,15H,3-4,10-14H2,1-2H3/b6-5+. The average Bonchev–Trinajstić information content (AvgIpc) is 3.02. The van der Waals surface area contributed by atoms with Gasteiger partial charge in [0.1, 0.15) is 0 Å². The van der Waals surface area contributed by atoms with Gasteiger partial charge in [0.25, 0.3) is 0 Å². The molecule has 0 aromatic heterocycles. The first-order valence-corrected chi connectivity index (χ1v) is 8.13. The van der Waals surface area contributed by atoms with E-state index in [4.69, 9.17) is 0 Å². The van der Waals surface area contributed by atoms with Gasteiger partial charge >= 0.3 is 0 Å². The number of likely N-dealkylation sites (N-methyl/N-ethyl adjacent to an activating group) is 1. The summed E-state index contributed by atoms with van der Waals surface area (Å²) in [4.78, 5) is 4.85. The molecule has 2 nitrogen and oxygen atoms in total. The molecule has 1 aromatic rings. The first-order chi connectivity index (χ1) is 10.2. The molecule has 21 heavy (non-hydrogen) atoms. The number of anilines is 1. The van der Waals surface area contributed by atoms with Gasteiger partial charge in [-0.3, -0.25) is 0 Å². The largest absolute Gasteiger partial charge is 0.372 e. The van der Waals surface area contributed by atoms with Crippen LogP contribution >= 0.6 is 0 Å². The van der Waals surface area contributed by atoms with Crippen LogP contribution in [0.4, 0.5) is 5.69 Å². The van der Waals surface area contributed by atoms with Crippen LogP contribution in [0.25, 0.3) is 6.08 Å². The summed E-state index contributed by atoms with van der Waals surface area (Å²) < 4.78 is 0. The lowest BCUT2D eigenvalue weighted by Crippen LogP contribution is -2.23. The van der Waals surface area contributed by atoms with E-state index in [1.807, 2.05) is 0 Å². The number of aryl methyl sites for hydroxylation is 1. The lowest BCUT2D eigenvalue weighted by Gasteiger charge is -2.20. The summed E-state index contributed by atoms with van der Waals surface area (Å²) in [7, 11) is 2.18. The third kappa shape index (κ3) is 3.56. The number of hydrogen-bond donors (Lipinski definition) is 0. The number of rotatable bonds is 3. The molecule has 1 aromatic carbocycles. The Morgan fingerprint density at radius 1 is 1.05 bits per heavy atom. The fourth-order valence-corrected chi connectivity index (χ4v) is 3.15. The fourth-order valence-electron chi connectivity index (χ4n) is 3.15. The van der Waals surface area contributed by atoms with E-state index in [0.29, 0.717) is 0 Å². The second-order valence-electron chi connectivity index (χ2n) is 6.36. The zero-order chi connectivity index (χ0) is 14.7. The molecule has 0 atom stereocenters. The summed E-state index contributed by atoms with van der Waals surface area (Å²) in [5.41, 5.74) is 5.58. The molecule has 0 saturated carbocycles.